The highest BCUT2D eigenvalue weighted by Gasteiger charge is 2.37. The van der Waals surface area contributed by atoms with Crippen molar-refractivity contribution in [1.82, 2.24) is 4.57 Å². The van der Waals surface area contributed by atoms with Gasteiger partial charge in [-0.2, -0.15) is 0 Å². The zero-order valence-electron chi connectivity index (χ0n) is 37.9. The second-order valence-electron chi connectivity index (χ2n) is 18.7. The number of rotatable bonds is 7. The van der Waals surface area contributed by atoms with Crippen molar-refractivity contribution in [3.8, 4) is 33.7 Å². The minimum Gasteiger partial charge on any atom is -0.484 e. The van der Waals surface area contributed by atoms with Crippen molar-refractivity contribution in [2.45, 2.75) is 24.5 Å². The Morgan fingerprint density at radius 1 is 0.449 bits per heavy atom. The van der Waals surface area contributed by atoms with Gasteiger partial charge in [0.2, 0.25) is 0 Å². The Balaban J connectivity index is 0.836. The molecule has 0 fully saturated rings. The van der Waals surface area contributed by atoms with Crippen LogP contribution in [0.15, 0.2) is 260 Å². The summed E-state index contributed by atoms with van der Waals surface area (Å²) in [5.41, 5.74) is 14.4. The summed E-state index contributed by atoms with van der Waals surface area (Å²) in [6.45, 7) is 0. The maximum Gasteiger partial charge on any atom is 0.135 e. The van der Waals surface area contributed by atoms with Gasteiger partial charge in [-0.05, 0) is 133 Å². The first-order valence-electron chi connectivity index (χ1n) is 24.2. The Morgan fingerprint density at radius 2 is 1.01 bits per heavy atom. The largest absolute Gasteiger partial charge is 0.484 e. The highest BCUT2D eigenvalue weighted by atomic mass is 16.5. The van der Waals surface area contributed by atoms with E-state index in [1.807, 2.05) is 0 Å². The van der Waals surface area contributed by atoms with Crippen LogP contribution in [0.25, 0.3) is 82.1 Å². The van der Waals surface area contributed by atoms with Crippen molar-refractivity contribution in [1.29, 1.82) is 0 Å². The fourth-order valence-corrected chi connectivity index (χ4v) is 11.6. The molecule has 1 aliphatic heterocycles. The Bertz CT molecular complexity index is 3930. The molecule has 3 atom stereocenters. The van der Waals surface area contributed by atoms with E-state index in [1.165, 1.54) is 98.8 Å². The summed E-state index contributed by atoms with van der Waals surface area (Å²) >= 11 is 0. The molecular weight excluding hydrogens is 837 g/mol. The molecule has 11 aromatic rings. The summed E-state index contributed by atoms with van der Waals surface area (Å²) in [6.07, 6.45) is 14.7. The zero-order valence-corrected chi connectivity index (χ0v) is 37.9. The lowest BCUT2D eigenvalue weighted by Gasteiger charge is -2.34. The number of fused-ring (bicyclic) bond motifs is 12. The van der Waals surface area contributed by atoms with Crippen LogP contribution >= 0.6 is 0 Å². The summed E-state index contributed by atoms with van der Waals surface area (Å²) in [6, 6.07) is 78.0. The first-order valence-corrected chi connectivity index (χ1v) is 24.2. The third kappa shape index (κ3) is 6.49. The number of aromatic nitrogens is 1. The van der Waals surface area contributed by atoms with Gasteiger partial charge in [-0.25, -0.2) is 0 Å². The van der Waals surface area contributed by atoms with E-state index in [0.29, 0.717) is 0 Å². The van der Waals surface area contributed by atoms with E-state index in [0.717, 1.165) is 23.5 Å². The van der Waals surface area contributed by atoms with Crippen molar-refractivity contribution in [2.24, 2.45) is 0 Å². The van der Waals surface area contributed by atoms with Gasteiger partial charge >= 0.3 is 0 Å². The van der Waals surface area contributed by atoms with E-state index in [9.17, 15) is 0 Å². The topological polar surface area (TPSA) is 17.4 Å². The van der Waals surface area contributed by atoms with Crippen LogP contribution in [-0.2, 0) is 0 Å². The number of nitrogens with zero attached hydrogens (tertiary/aromatic N) is 2. The van der Waals surface area contributed by atoms with E-state index < -0.39 is 0 Å². The third-order valence-corrected chi connectivity index (χ3v) is 14.9. The minimum absolute atomic E-state index is 0.000154. The first-order chi connectivity index (χ1) is 34.2. The molecule has 2 heterocycles. The number of ether oxygens (including phenoxy) is 1. The summed E-state index contributed by atoms with van der Waals surface area (Å²) in [5, 5.41) is 10.1. The van der Waals surface area contributed by atoms with Crippen molar-refractivity contribution in [3.05, 3.63) is 265 Å². The van der Waals surface area contributed by atoms with Crippen molar-refractivity contribution in [2.75, 3.05) is 4.90 Å². The number of hydrogen-bond acceptors (Lipinski definition) is 2. The molecule has 1 aromatic heterocycles. The SMILES string of the molecule is C1=CC2c3ccccc3OC2C(C2=CCC(N(c3ccccc3)c3ccc(-c4ccc5c(c4)c4cc(-c6ccccc6)ccc4n5-c4ccc5c6ccccc6c6ccccc6c5c4)cc3)C=C2)=C1. The molecule has 0 radical (unpaired) electrons. The van der Waals surface area contributed by atoms with Crippen LogP contribution in [0.5, 0.6) is 5.75 Å². The van der Waals surface area contributed by atoms with Gasteiger partial charge in [0.15, 0.2) is 0 Å². The van der Waals surface area contributed by atoms with Gasteiger partial charge in [0.05, 0.1) is 17.1 Å². The summed E-state index contributed by atoms with van der Waals surface area (Å²) < 4.78 is 9.02. The third-order valence-electron chi connectivity index (χ3n) is 14.9. The number of allylic oxidation sites excluding steroid dienone is 3. The van der Waals surface area contributed by atoms with Gasteiger partial charge < -0.3 is 14.2 Å². The summed E-state index contributed by atoms with van der Waals surface area (Å²) in [5.74, 6) is 1.24. The van der Waals surface area contributed by atoms with E-state index >= 15 is 0 Å². The summed E-state index contributed by atoms with van der Waals surface area (Å²) in [7, 11) is 0. The maximum atomic E-state index is 6.56. The summed E-state index contributed by atoms with van der Waals surface area (Å²) in [4.78, 5) is 2.48. The molecule has 0 N–H and O–H groups in total. The minimum atomic E-state index is -0.000154. The molecule has 3 aliphatic rings. The highest BCUT2D eigenvalue weighted by Crippen LogP contribution is 2.46. The molecule has 69 heavy (non-hydrogen) atoms. The molecule has 10 aromatic carbocycles. The van der Waals surface area contributed by atoms with E-state index in [2.05, 4.69) is 258 Å². The molecule has 14 rings (SSSR count). The number of para-hydroxylation sites is 2. The Morgan fingerprint density at radius 3 is 1.68 bits per heavy atom. The van der Waals surface area contributed by atoms with E-state index in [4.69, 9.17) is 4.74 Å². The fourth-order valence-electron chi connectivity index (χ4n) is 11.6. The van der Waals surface area contributed by atoms with Crippen molar-refractivity contribution < 1.29 is 4.74 Å². The van der Waals surface area contributed by atoms with Crippen LogP contribution in [0.3, 0.4) is 0 Å². The number of hydrogen-bond donors (Lipinski definition) is 0. The second kappa shape index (κ2) is 16.0. The van der Waals surface area contributed by atoms with Crippen molar-refractivity contribution in [3.63, 3.8) is 0 Å². The average Bonchev–Trinajstić information content (AvgIpc) is 3.97. The van der Waals surface area contributed by atoms with Gasteiger partial charge in [0, 0.05) is 44.9 Å². The standard InChI is InChI=1S/C66H46N2O/c1-3-14-43(15-4-1)46-30-38-63-61(40-46)62-41-47(31-39-64(62)68(63)51-36-37-57-55-20-8-7-18-53(55)54-19-9-10-21-56(54)60(57)42-51)44-26-32-49(33-27-44)67(48-16-5-2-6-17-48)50-34-28-45(29-35-50)52-23-13-24-59-58-22-11-12-25-65(58)69-66(52)59/h1-34,36-42,50,59,66H,35H2. The molecule has 326 valence electrons. The predicted octanol–water partition coefficient (Wildman–Crippen LogP) is 17.0. The highest BCUT2D eigenvalue weighted by molar-refractivity contribution is 6.25. The number of anilines is 2. The van der Waals surface area contributed by atoms with Gasteiger partial charge in [0.25, 0.3) is 0 Å². The molecular formula is C66H46N2O. The van der Waals surface area contributed by atoms with E-state index in [1.54, 1.807) is 0 Å². The Kier molecular flexibility index (Phi) is 9.16. The first kappa shape index (κ1) is 39.5. The van der Waals surface area contributed by atoms with Crippen LogP contribution in [0.2, 0.25) is 0 Å². The molecule has 3 nitrogen and oxygen atoms in total. The molecule has 0 bridgehead atoms. The quantitative estimate of drug-likeness (QED) is 0.148. The molecule has 0 spiro atoms. The Labute approximate surface area is 401 Å². The molecule has 0 saturated carbocycles. The molecule has 0 saturated heterocycles. The second-order valence-corrected chi connectivity index (χ2v) is 18.7. The molecule has 3 unspecified atom stereocenters. The lowest BCUT2D eigenvalue weighted by atomic mass is 9.82. The average molecular weight is 883 g/mol. The normalized spacial score (nSPS) is 17.2. The lowest BCUT2D eigenvalue weighted by Crippen LogP contribution is -2.31. The Hall–Kier alpha value is -8.66. The smallest absolute Gasteiger partial charge is 0.135 e. The molecule has 3 heteroatoms. The van der Waals surface area contributed by atoms with Crippen LogP contribution in [-0.4, -0.2) is 16.7 Å². The maximum absolute atomic E-state index is 6.56. The number of benzene rings is 10. The van der Waals surface area contributed by atoms with Crippen LogP contribution in [0, 0.1) is 0 Å². The van der Waals surface area contributed by atoms with E-state index in [-0.39, 0.29) is 18.1 Å². The fraction of sp³-hybridized carbons (Fsp3) is 0.0606. The monoisotopic (exact) mass is 882 g/mol. The van der Waals surface area contributed by atoms with Crippen LogP contribution < -0.4 is 9.64 Å². The predicted molar refractivity (Wildman–Crippen MR) is 289 cm³/mol. The molecule has 0 amide bonds. The van der Waals surface area contributed by atoms with Crippen LogP contribution in [0.4, 0.5) is 11.4 Å². The lowest BCUT2D eigenvalue weighted by molar-refractivity contribution is 0.258. The zero-order chi connectivity index (χ0) is 45.4. The van der Waals surface area contributed by atoms with Gasteiger partial charge in [-0.1, -0.05) is 182 Å². The van der Waals surface area contributed by atoms with Gasteiger partial charge in [-0.3, -0.25) is 0 Å². The van der Waals surface area contributed by atoms with Crippen molar-refractivity contribution >= 4 is 65.5 Å². The van der Waals surface area contributed by atoms with Crippen LogP contribution in [0.1, 0.15) is 17.9 Å². The van der Waals surface area contributed by atoms with Gasteiger partial charge in [-0.15, -0.1) is 0 Å². The molecule has 2 aliphatic carbocycles. The van der Waals surface area contributed by atoms with Gasteiger partial charge in [0.1, 0.15) is 11.9 Å².